The number of aromatic nitrogens is 3. The Morgan fingerprint density at radius 3 is 2.77 bits per heavy atom. The van der Waals surface area contributed by atoms with E-state index in [4.69, 9.17) is 0 Å². The van der Waals surface area contributed by atoms with Crippen LogP contribution in [0.15, 0.2) is 28.2 Å². The fourth-order valence-corrected chi connectivity index (χ4v) is 4.27. The van der Waals surface area contributed by atoms with Crippen LogP contribution in [0.5, 0.6) is 0 Å². The van der Waals surface area contributed by atoms with E-state index in [0.717, 1.165) is 15.8 Å². The highest BCUT2D eigenvalue weighted by molar-refractivity contribution is 7.99. The third kappa shape index (κ3) is 4.31. The van der Waals surface area contributed by atoms with E-state index < -0.39 is 0 Å². The number of carbonyl (C=O) groups excluding carboxylic acids is 1. The summed E-state index contributed by atoms with van der Waals surface area (Å²) in [4.78, 5) is 35.5. The van der Waals surface area contributed by atoms with Crippen molar-refractivity contribution >= 4 is 44.4 Å². The molecule has 0 unspecified atom stereocenters. The van der Waals surface area contributed by atoms with E-state index >= 15 is 0 Å². The Bertz CT molecular complexity index is 1020. The second kappa shape index (κ2) is 7.59. The molecule has 2 heterocycles. The van der Waals surface area contributed by atoms with Gasteiger partial charge in [-0.1, -0.05) is 43.0 Å². The minimum atomic E-state index is -0.205. The smallest absolute Gasteiger partial charge is 0.251 e. The fraction of sp³-hybridized carbons (Fsp3) is 0.333. The van der Waals surface area contributed by atoms with E-state index in [1.165, 1.54) is 34.7 Å². The molecule has 0 fully saturated rings. The van der Waals surface area contributed by atoms with Gasteiger partial charge in [-0.3, -0.25) is 9.59 Å². The van der Waals surface area contributed by atoms with E-state index in [1.54, 1.807) is 0 Å². The fourth-order valence-electron chi connectivity index (χ4n) is 2.53. The third-order valence-electron chi connectivity index (χ3n) is 3.75. The molecule has 1 amide bonds. The van der Waals surface area contributed by atoms with Gasteiger partial charge in [-0.2, -0.15) is 0 Å². The summed E-state index contributed by atoms with van der Waals surface area (Å²) in [6.07, 6.45) is 0. The highest BCUT2D eigenvalue weighted by atomic mass is 32.2. The van der Waals surface area contributed by atoms with Gasteiger partial charge in [0, 0.05) is 6.07 Å². The maximum Gasteiger partial charge on any atom is 0.251 e. The lowest BCUT2D eigenvalue weighted by molar-refractivity contribution is -0.113. The Morgan fingerprint density at radius 1 is 1.27 bits per heavy atom. The minimum absolute atomic E-state index is 0.151. The standard InChI is InChI=1S/C18H20N4O2S2/c1-9(2)12-7-14(23)20-17(19-12)25-8-15(24)21-18-22-16-11(4)5-10(3)6-13(16)26-18/h5-7,9H,8H2,1-4H3,(H,19,20,23)(H,21,22,24). The number of H-pyrrole nitrogens is 1. The van der Waals surface area contributed by atoms with E-state index in [0.29, 0.717) is 16.0 Å². The van der Waals surface area contributed by atoms with Crippen molar-refractivity contribution in [3.63, 3.8) is 0 Å². The van der Waals surface area contributed by atoms with Crippen LogP contribution in [0.1, 0.15) is 36.6 Å². The van der Waals surface area contributed by atoms with Crippen molar-refractivity contribution in [1.82, 2.24) is 15.0 Å². The topological polar surface area (TPSA) is 87.7 Å². The number of rotatable bonds is 5. The first-order valence-corrected chi connectivity index (χ1v) is 10.0. The summed E-state index contributed by atoms with van der Waals surface area (Å²) in [6.45, 7) is 8.00. The van der Waals surface area contributed by atoms with Gasteiger partial charge in [0.25, 0.3) is 5.56 Å². The Morgan fingerprint density at radius 2 is 2.04 bits per heavy atom. The van der Waals surface area contributed by atoms with Crippen LogP contribution in [0.2, 0.25) is 0 Å². The van der Waals surface area contributed by atoms with Crippen molar-refractivity contribution in [2.24, 2.45) is 0 Å². The van der Waals surface area contributed by atoms with Gasteiger partial charge in [-0.15, -0.1) is 0 Å². The van der Waals surface area contributed by atoms with Crippen LogP contribution >= 0.6 is 23.1 Å². The zero-order chi connectivity index (χ0) is 18.8. The van der Waals surface area contributed by atoms with Crippen molar-refractivity contribution in [1.29, 1.82) is 0 Å². The van der Waals surface area contributed by atoms with Gasteiger partial charge in [-0.25, -0.2) is 9.97 Å². The van der Waals surface area contributed by atoms with E-state index in [1.807, 2.05) is 27.7 Å². The van der Waals surface area contributed by atoms with Crippen molar-refractivity contribution < 1.29 is 4.79 Å². The van der Waals surface area contributed by atoms with Crippen molar-refractivity contribution in [2.75, 3.05) is 11.1 Å². The number of thiazole rings is 1. The van der Waals surface area contributed by atoms with Gasteiger partial charge in [-0.05, 0) is 37.0 Å². The number of aromatic amines is 1. The first-order chi connectivity index (χ1) is 12.3. The number of nitrogens with zero attached hydrogens (tertiary/aromatic N) is 2. The average Bonchev–Trinajstić information content (AvgIpc) is 2.95. The monoisotopic (exact) mass is 388 g/mol. The van der Waals surface area contributed by atoms with Gasteiger partial charge in [0.1, 0.15) is 0 Å². The highest BCUT2D eigenvalue weighted by Gasteiger charge is 2.12. The molecule has 0 aliphatic heterocycles. The maximum absolute atomic E-state index is 12.2. The summed E-state index contributed by atoms with van der Waals surface area (Å²) in [6, 6.07) is 5.63. The number of anilines is 1. The Hall–Kier alpha value is -2.19. The van der Waals surface area contributed by atoms with Crippen molar-refractivity contribution in [3.05, 3.63) is 45.4 Å². The molecule has 2 N–H and O–H groups in total. The maximum atomic E-state index is 12.2. The minimum Gasteiger partial charge on any atom is -0.301 e. The average molecular weight is 389 g/mol. The molecule has 0 aliphatic rings. The lowest BCUT2D eigenvalue weighted by Gasteiger charge is -2.06. The molecule has 1 aromatic carbocycles. The largest absolute Gasteiger partial charge is 0.301 e. The van der Waals surface area contributed by atoms with Crippen LogP contribution in [0, 0.1) is 13.8 Å². The number of benzene rings is 1. The number of thioether (sulfide) groups is 1. The van der Waals surface area contributed by atoms with Crippen LogP contribution in [-0.4, -0.2) is 26.6 Å². The lowest BCUT2D eigenvalue weighted by atomic mass is 10.1. The van der Waals surface area contributed by atoms with Crippen molar-refractivity contribution in [3.8, 4) is 0 Å². The SMILES string of the molecule is Cc1cc(C)c2nc(NC(=O)CSc3nc(C(C)C)cc(=O)[nH]3)sc2c1. The summed E-state index contributed by atoms with van der Waals surface area (Å²) < 4.78 is 1.06. The second-order valence-corrected chi connectivity index (χ2v) is 8.41. The molecule has 3 aromatic rings. The third-order valence-corrected chi connectivity index (χ3v) is 5.54. The number of hydrogen-bond acceptors (Lipinski definition) is 6. The molecule has 2 aromatic heterocycles. The predicted octanol–water partition coefficient (Wildman–Crippen LogP) is 3.85. The van der Waals surface area contributed by atoms with Crippen LogP contribution in [0.4, 0.5) is 5.13 Å². The van der Waals surface area contributed by atoms with Crippen LogP contribution in [0.3, 0.4) is 0 Å². The molecule has 0 saturated heterocycles. The normalized spacial score (nSPS) is 11.3. The molecule has 0 saturated carbocycles. The Balaban J connectivity index is 1.68. The van der Waals surface area contributed by atoms with E-state index in [2.05, 4.69) is 32.4 Å². The predicted molar refractivity (Wildman–Crippen MR) is 107 cm³/mol. The molecule has 0 radical (unpaired) electrons. The van der Waals surface area contributed by atoms with Crippen LogP contribution in [-0.2, 0) is 4.79 Å². The molecular formula is C18H20N4O2S2. The molecule has 3 rings (SSSR count). The first kappa shape index (κ1) is 18.6. The number of aryl methyl sites for hydroxylation is 2. The highest BCUT2D eigenvalue weighted by Crippen LogP contribution is 2.29. The van der Waals surface area contributed by atoms with Gasteiger partial charge in [0.2, 0.25) is 5.91 Å². The van der Waals surface area contributed by atoms with Gasteiger partial charge in [0.05, 0.1) is 21.7 Å². The zero-order valence-electron chi connectivity index (χ0n) is 15.0. The van der Waals surface area contributed by atoms with E-state index in [9.17, 15) is 9.59 Å². The lowest BCUT2D eigenvalue weighted by Crippen LogP contribution is -2.16. The number of nitrogens with one attached hydrogen (secondary N) is 2. The quantitative estimate of drug-likeness (QED) is 0.512. The molecule has 26 heavy (non-hydrogen) atoms. The van der Waals surface area contributed by atoms with Gasteiger partial charge < -0.3 is 10.3 Å². The van der Waals surface area contributed by atoms with E-state index in [-0.39, 0.29) is 23.1 Å². The van der Waals surface area contributed by atoms with Crippen LogP contribution in [0.25, 0.3) is 10.2 Å². The molecule has 0 aliphatic carbocycles. The van der Waals surface area contributed by atoms with Crippen LogP contribution < -0.4 is 10.9 Å². The second-order valence-electron chi connectivity index (χ2n) is 6.41. The Labute approximate surface area is 159 Å². The first-order valence-electron chi connectivity index (χ1n) is 8.23. The summed E-state index contributed by atoms with van der Waals surface area (Å²) in [5, 5.41) is 3.86. The number of fused-ring (bicyclic) bond motifs is 1. The number of amides is 1. The summed E-state index contributed by atoms with van der Waals surface area (Å²) in [5.74, 6) is 0.124. The zero-order valence-corrected chi connectivity index (χ0v) is 16.7. The molecule has 0 atom stereocenters. The number of hydrogen-bond donors (Lipinski definition) is 2. The molecule has 8 heteroatoms. The molecule has 136 valence electrons. The number of carbonyl (C=O) groups is 1. The summed E-state index contributed by atoms with van der Waals surface area (Å²) >= 11 is 2.66. The molecular weight excluding hydrogens is 368 g/mol. The Kier molecular flexibility index (Phi) is 5.43. The summed E-state index contributed by atoms with van der Waals surface area (Å²) in [5.41, 5.74) is 3.70. The van der Waals surface area contributed by atoms with Crippen molar-refractivity contribution in [2.45, 2.75) is 38.8 Å². The van der Waals surface area contributed by atoms with Gasteiger partial charge >= 0.3 is 0 Å². The van der Waals surface area contributed by atoms with Gasteiger partial charge in [0.15, 0.2) is 10.3 Å². The summed E-state index contributed by atoms with van der Waals surface area (Å²) in [7, 11) is 0. The molecule has 0 spiro atoms. The molecule has 0 bridgehead atoms. The molecule has 6 nitrogen and oxygen atoms in total.